The van der Waals surface area contributed by atoms with Crippen molar-refractivity contribution in [3.63, 3.8) is 0 Å². The average Bonchev–Trinajstić information content (AvgIpc) is 1.88. The third-order valence-corrected chi connectivity index (χ3v) is 1.33. The van der Waals surface area contributed by atoms with Crippen LogP contribution in [0.4, 0.5) is 11.4 Å². The van der Waals surface area contributed by atoms with Gasteiger partial charge in [0.1, 0.15) is 13.8 Å². The number of nitrogen functional groups attached to an aromatic ring is 1. The van der Waals surface area contributed by atoms with E-state index < -0.39 is 0 Å². The molecule has 0 spiro atoms. The van der Waals surface area contributed by atoms with Crippen molar-refractivity contribution >= 4 is 18.1 Å². The Morgan fingerprint density at radius 2 is 1.80 bits per heavy atom. The molecule has 0 radical (unpaired) electrons. The van der Waals surface area contributed by atoms with Crippen LogP contribution in [-0.4, -0.2) is 18.3 Å². The van der Waals surface area contributed by atoms with Gasteiger partial charge in [-0.2, -0.15) is 0 Å². The molecule has 0 heterocycles. The molecule has 0 atom stereocenters. The lowest BCUT2D eigenvalue weighted by atomic mass is 10.3. The summed E-state index contributed by atoms with van der Waals surface area (Å²) in [6, 6.07) is 7.58. The third-order valence-electron chi connectivity index (χ3n) is 1.33. The monoisotopic (exact) mass is 135 g/mol. The number of rotatable bonds is 1. The number of hydrogen-bond acceptors (Lipinski definition) is 1. The van der Waals surface area contributed by atoms with Crippen LogP contribution >= 0.6 is 0 Å². The molecule has 1 rings (SSSR count). The Morgan fingerprint density at radius 3 is 2.20 bits per heavy atom. The van der Waals surface area contributed by atoms with E-state index in [9.17, 15) is 0 Å². The van der Waals surface area contributed by atoms with Crippen LogP contribution in [0.3, 0.4) is 0 Å². The minimum absolute atomic E-state index is 0.783. The van der Waals surface area contributed by atoms with E-state index in [1.165, 1.54) is 0 Å². The van der Waals surface area contributed by atoms with Crippen LogP contribution in [0.5, 0.6) is 0 Å². The van der Waals surface area contributed by atoms with E-state index in [2.05, 4.69) is 6.72 Å². The highest BCUT2D eigenvalue weighted by Crippen LogP contribution is 2.11. The van der Waals surface area contributed by atoms with Crippen molar-refractivity contribution in [2.24, 2.45) is 0 Å². The Hall–Kier alpha value is -1.31. The predicted octanol–water partition coefficient (Wildman–Crippen LogP) is 1.24. The molecule has 0 aliphatic carbocycles. The Bertz CT molecular complexity index is 236. The number of benzene rings is 1. The van der Waals surface area contributed by atoms with E-state index in [-0.39, 0.29) is 0 Å². The zero-order valence-corrected chi connectivity index (χ0v) is 6.04. The Kier molecular flexibility index (Phi) is 1.71. The highest BCUT2D eigenvalue weighted by molar-refractivity contribution is 5.45. The molecular formula is C8H11N2+. The van der Waals surface area contributed by atoms with Crippen molar-refractivity contribution in [1.29, 1.82) is 0 Å². The van der Waals surface area contributed by atoms with Gasteiger partial charge in [-0.05, 0) is 12.1 Å². The maximum Gasteiger partial charge on any atom is 0.204 e. The van der Waals surface area contributed by atoms with Gasteiger partial charge in [-0.15, -0.1) is 0 Å². The standard InChI is InChI=1S/C8H11N2/c1-10(2)8-5-3-7(9)4-6-8/h3-6H,1,9H2,2H3/q+1. The summed E-state index contributed by atoms with van der Waals surface area (Å²) in [5.41, 5.74) is 7.33. The fraction of sp³-hybridized carbons (Fsp3) is 0.125. The number of anilines is 1. The molecule has 0 saturated carbocycles. The molecule has 1 aromatic rings. The minimum Gasteiger partial charge on any atom is -0.399 e. The van der Waals surface area contributed by atoms with Crippen LogP contribution in [0.1, 0.15) is 0 Å². The fourth-order valence-electron chi connectivity index (χ4n) is 0.729. The third kappa shape index (κ3) is 1.35. The summed E-state index contributed by atoms with van der Waals surface area (Å²) in [4.78, 5) is 0. The summed E-state index contributed by atoms with van der Waals surface area (Å²) in [6.45, 7) is 3.73. The molecule has 0 amide bonds. The molecule has 0 aliphatic heterocycles. The average molecular weight is 135 g/mol. The zero-order valence-electron chi connectivity index (χ0n) is 6.04. The van der Waals surface area contributed by atoms with Gasteiger partial charge in [-0.25, -0.2) is 4.58 Å². The molecule has 10 heavy (non-hydrogen) atoms. The molecule has 1 aromatic carbocycles. The maximum absolute atomic E-state index is 5.49. The molecule has 0 aliphatic rings. The number of nitrogens with two attached hydrogens (primary N) is 1. The molecule has 2 nitrogen and oxygen atoms in total. The van der Waals surface area contributed by atoms with E-state index in [0.717, 1.165) is 11.4 Å². The molecule has 0 bridgehead atoms. The van der Waals surface area contributed by atoms with Gasteiger partial charge in [0.05, 0.1) is 0 Å². The van der Waals surface area contributed by atoms with E-state index in [4.69, 9.17) is 5.73 Å². The van der Waals surface area contributed by atoms with Crippen LogP contribution < -0.4 is 5.73 Å². The van der Waals surface area contributed by atoms with Gasteiger partial charge >= 0.3 is 0 Å². The van der Waals surface area contributed by atoms with Gasteiger partial charge in [0.25, 0.3) is 0 Å². The summed E-state index contributed by atoms with van der Waals surface area (Å²) in [7, 11) is 1.89. The lowest BCUT2D eigenvalue weighted by molar-refractivity contribution is -0.394. The van der Waals surface area contributed by atoms with Crippen molar-refractivity contribution in [3.05, 3.63) is 24.3 Å². The van der Waals surface area contributed by atoms with Gasteiger partial charge in [0, 0.05) is 17.8 Å². The van der Waals surface area contributed by atoms with Crippen LogP contribution in [0.15, 0.2) is 24.3 Å². The first-order chi connectivity index (χ1) is 4.70. The maximum atomic E-state index is 5.49. The first kappa shape index (κ1) is 6.81. The van der Waals surface area contributed by atoms with E-state index in [1.54, 1.807) is 4.58 Å². The van der Waals surface area contributed by atoms with Gasteiger partial charge in [-0.1, -0.05) is 0 Å². The molecule has 0 aromatic heterocycles. The molecule has 2 heteroatoms. The first-order valence-electron chi connectivity index (χ1n) is 3.10. The lowest BCUT2D eigenvalue weighted by Crippen LogP contribution is -1.92. The van der Waals surface area contributed by atoms with Crippen molar-refractivity contribution in [1.82, 2.24) is 0 Å². The molecule has 52 valence electrons. The summed E-state index contributed by atoms with van der Waals surface area (Å²) < 4.78 is 1.79. The Balaban J connectivity index is 3.00. The van der Waals surface area contributed by atoms with Crippen LogP contribution in [0.25, 0.3) is 0 Å². The topological polar surface area (TPSA) is 29.0 Å². The molecule has 2 N–H and O–H groups in total. The lowest BCUT2D eigenvalue weighted by Gasteiger charge is -1.93. The van der Waals surface area contributed by atoms with Crippen molar-refractivity contribution < 1.29 is 4.58 Å². The smallest absolute Gasteiger partial charge is 0.204 e. The van der Waals surface area contributed by atoms with Crippen molar-refractivity contribution in [2.75, 3.05) is 12.8 Å². The fourth-order valence-corrected chi connectivity index (χ4v) is 0.729. The second kappa shape index (κ2) is 2.52. The quantitative estimate of drug-likeness (QED) is 0.350. The largest absolute Gasteiger partial charge is 0.399 e. The van der Waals surface area contributed by atoms with Gasteiger partial charge in [-0.3, -0.25) is 0 Å². The normalized spacial score (nSPS) is 9.30. The van der Waals surface area contributed by atoms with E-state index in [1.807, 2.05) is 31.3 Å². The molecule has 0 saturated heterocycles. The minimum atomic E-state index is 0.783. The highest BCUT2D eigenvalue weighted by atomic mass is 14.9. The predicted molar refractivity (Wildman–Crippen MR) is 43.8 cm³/mol. The Labute approximate surface area is 60.6 Å². The van der Waals surface area contributed by atoms with Crippen LogP contribution in [0.2, 0.25) is 0 Å². The van der Waals surface area contributed by atoms with E-state index in [0.29, 0.717) is 0 Å². The number of hydrogen-bond donors (Lipinski definition) is 1. The van der Waals surface area contributed by atoms with E-state index >= 15 is 0 Å². The SMILES string of the molecule is C=[N+](C)c1ccc(N)cc1. The van der Waals surface area contributed by atoms with Gasteiger partial charge in [0.2, 0.25) is 5.69 Å². The van der Waals surface area contributed by atoms with Crippen LogP contribution in [0, 0.1) is 0 Å². The van der Waals surface area contributed by atoms with Crippen LogP contribution in [-0.2, 0) is 0 Å². The molecule has 0 unspecified atom stereocenters. The summed E-state index contributed by atoms with van der Waals surface area (Å²) in [6.07, 6.45) is 0. The molecule has 0 fully saturated rings. The zero-order chi connectivity index (χ0) is 7.56. The summed E-state index contributed by atoms with van der Waals surface area (Å²) in [5, 5.41) is 0. The van der Waals surface area contributed by atoms with Crippen molar-refractivity contribution in [3.8, 4) is 0 Å². The Morgan fingerprint density at radius 1 is 1.30 bits per heavy atom. The second-order valence-electron chi connectivity index (χ2n) is 2.29. The van der Waals surface area contributed by atoms with Gasteiger partial charge < -0.3 is 5.73 Å². The molecular weight excluding hydrogens is 124 g/mol. The summed E-state index contributed by atoms with van der Waals surface area (Å²) >= 11 is 0. The second-order valence-corrected chi connectivity index (χ2v) is 2.29. The van der Waals surface area contributed by atoms with Gasteiger partial charge in [0.15, 0.2) is 0 Å². The first-order valence-corrected chi connectivity index (χ1v) is 3.10. The van der Waals surface area contributed by atoms with Crippen molar-refractivity contribution in [2.45, 2.75) is 0 Å². The summed E-state index contributed by atoms with van der Waals surface area (Å²) in [5.74, 6) is 0. The highest BCUT2D eigenvalue weighted by Gasteiger charge is 1.96. The number of nitrogens with zero attached hydrogens (tertiary/aromatic N) is 1.